The zero-order valence-electron chi connectivity index (χ0n) is 6.84. The number of phenols is 1. The van der Waals surface area contributed by atoms with Crippen molar-refractivity contribution in [3.05, 3.63) is 18.8 Å². The van der Waals surface area contributed by atoms with Crippen molar-refractivity contribution in [2.75, 3.05) is 7.11 Å². The van der Waals surface area contributed by atoms with Gasteiger partial charge in [0.05, 0.1) is 20.9 Å². The van der Waals surface area contributed by atoms with E-state index in [9.17, 15) is 5.11 Å². The van der Waals surface area contributed by atoms with Crippen LogP contribution in [0.15, 0.2) is 6.07 Å². The highest BCUT2D eigenvalue weighted by atomic mass is 127. The van der Waals surface area contributed by atoms with Crippen LogP contribution in [0.2, 0.25) is 0 Å². The van der Waals surface area contributed by atoms with Crippen LogP contribution in [0.1, 0.15) is 5.56 Å². The molecule has 0 unspecified atom stereocenters. The smallest absolute Gasteiger partial charge is 0.175 e. The summed E-state index contributed by atoms with van der Waals surface area (Å²) in [7, 11) is 1.49. The summed E-state index contributed by atoms with van der Waals surface area (Å²) in [4.78, 5) is 0. The highest BCUT2D eigenvalue weighted by Crippen LogP contribution is 2.37. The Bertz CT molecular complexity index is 326. The van der Waals surface area contributed by atoms with Crippen LogP contribution in [-0.2, 0) is 6.61 Å². The van der Waals surface area contributed by atoms with Gasteiger partial charge >= 0.3 is 0 Å². The average Bonchev–Trinajstić information content (AvgIpc) is 2.12. The Hall–Kier alpha value is 0.240. The lowest BCUT2D eigenvalue weighted by Crippen LogP contribution is -1.96. The molecule has 0 spiro atoms. The SMILES string of the molecule is COc1c(O)c(I)cc(CO)c1I. The highest BCUT2D eigenvalue weighted by molar-refractivity contribution is 14.1. The lowest BCUT2D eigenvalue weighted by molar-refractivity contribution is 0.279. The van der Waals surface area contributed by atoms with E-state index in [4.69, 9.17) is 9.84 Å². The van der Waals surface area contributed by atoms with Gasteiger partial charge in [-0.15, -0.1) is 0 Å². The Labute approximate surface area is 103 Å². The van der Waals surface area contributed by atoms with Gasteiger partial charge in [-0.3, -0.25) is 0 Å². The zero-order valence-corrected chi connectivity index (χ0v) is 11.2. The standard InChI is InChI=1S/C8H8I2O3/c1-13-8-6(10)4(3-11)2-5(9)7(8)12/h2,11-12H,3H2,1H3. The molecule has 0 bridgehead atoms. The number of aromatic hydroxyl groups is 1. The summed E-state index contributed by atoms with van der Waals surface area (Å²) in [5.74, 6) is 0.557. The first kappa shape index (κ1) is 11.3. The van der Waals surface area contributed by atoms with Crippen LogP contribution in [0.5, 0.6) is 11.5 Å². The number of rotatable bonds is 2. The van der Waals surface area contributed by atoms with Gasteiger partial charge in [-0.05, 0) is 56.8 Å². The van der Waals surface area contributed by atoms with Gasteiger partial charge in [-0.25, -0.2) is 0 Å². The Morgan fingerprint density at radius 2 is 2.08 bits per heavy atom. The molecule has 3 nitrogen and oxygen atoms in total. The van der Waals surface area contributed by atoms with Crippen LogP contribution in [0, 0.1) is 7.14 Å². The van der Waals surface area contributed by atoms with Crippen molar-refractivity contribution in [3.63, 3.8) is 0 Å². The van der Waals surface area contributed by atoms with Crippen LogP contribution < -0.4 is 4.74 Å². The van der Waals surface area contributed by atoms with Crippen molar-refractivity contribution < 1.29 is 14.9 Å². The van der Waals surface area contributed by atoms with Crippen molar-refractivity contribution in [3.8, 4) is 11.5 Å². The maximum atomic E-state index is 9.58. The van der Waals surface area contributed by atoms with E-state index in [2.05, 4.69) is 0 Å². The molecule has 2 N–H and O–H groups in total. The topological polar surface area (TPSA) is 49.7 Å². The lowest BCUT2D eigenvalue weighted by Gasteiger charge is -2.10. The Morgan fingerprint density at radius 3 is 2.54 bits per heavy atom. The van der Waals surface area contributed by atoms with Gasteiger partial charge in [0.25, 0.3) is 0 Å². The largest absolute Gasteiger partial charge is 0.503 e. The molecule has 13 heavy (non-hydrogen) atoms. The third kappa shape index (κ3) is 2.18. The van der Waals surface area contributed by atoms with Crippen molar-refractivity contribution in [1.29, 1.82) is 0 Å². The lowest BCUT2D eigenvalue weighted by atomic mass is 10.2. The molecule has 0 aliphatic carbocycles. The van der Waals surface area contributed by atoms with E-state index in [1.54, 1.807) is 6.07 Å². The summed E-state index contributed by atoms with van der Waals surface area (Å²) in [6.07, 6.45) is 0. The number of halogens is 2. The minimum Gasteiger partial charge on any atom is -0.503 e. The number of hydrogen-bond donors (Lipinski definition) is 2. The van der Waals surface area contributed by atoms with Crippen LogP contribution in [0.25, 0.3) is 0 Å². The second-order valence-corrected chi connectivity index (χ2v) is 4.61. The summed E-state index contributed by atoms with van der Waals surface area (Å²) < 4.78 is 6.46. The molecule has 72 valence electrons. The van der Waals surface area contributed by atoms with Gasteiger partial charge < -0.3 is 14.9 Å². The van der Waals surface area contributed by atoms with E-state index < -0.39 is 0 Å². The third-order valence-corrected chi connectivity index (χ3v) is 3.60. The minimum absolute atomic E-state index is 0.0507. The second kappa shape index (κ2) is 4.65. The van der Waals surface area contributed by atoms with E-state index in [1.807, 2.05) is 45.2 Å². The van der Waals surface area contributed by atoms with Crippen LogP contribution in [0.3, 0.4) is 0 Å². The third-order valence-electron chi connectivity index (χ3n) is 1.60. The number of aliphatic hydroxyl groups excluding tert-OH is 1. The summed E-state index contributed by atoms with van der Waals surface area (Å²) in [5, 5.41) is 18.6. The molecule has 0 fully saturated rings. The van der Waals surface area contributed by atoms with E-state index in [-0.39, 0.29) is 12.4 Å². The van der Waals surface area contributed by atoms with Crippen molar-refractivity contribution >= 4 is 45.2 Å². The second-order valence-electron chi connectivity index (χ2n) is 2.37. The van der Waals surface area contributed by atoms with Crippen LogP contribution >= 0.6 is 45.2 Å². The highest BCUT2D eigenvalue weighted by Gasteiger charge is 2.14. The molecule has 1 aromatic rings. The number of hydrogen-bond acceptors (Lipinski definition) is 3. The average molecular weight is 406 g/mol. The number of phenolic OH excluding ortho intramolecular Hbond substituents is 1. The maximum Gasteiger partial charge on any atom is 0.175 e. The zero-order chi connectivity index (χ0) is 10.0. The molecule has 0 aliphatic rings. The fourth-order valence-corrected chi connectivity index (χ4v) is 2.37. The first-order valence-electron chi connectivity index (χ1n) is 3.46. The fraction of sp³-hybridized carbons (Fsp3) is 0.250. The van der Waals surface area contributed by atoms with Crippen LogP contribution in [-0.4, -0.2) is 17.3 Å². The van der Waals surface area contributed by atoms with E-state index >= 15 is 0 Å². The molecule has 0 radical (unpaired) electrons. The number of benzene rings is 1. The molecule has 0 saturated carbocycles. The summed E-state index contributed by atoms with van der Waals surface area (Å²) in [6.45, 7) is -0.0507. The Kier molecular flexibility index (Phi) is 4.05. The maximum absolute atomic E-state index is 9.58. The van der Waals surface area contributed by atoms with Gasteiger partial charge in [0.2, 0.25) is 0 Å². The van der Waals surface area contributed by atoms with Crippen LogP contribution in [0.4, 0.5) is 0 Å². The van der Waals surface area contributed by atoms with Gasteiger partial charge in [-0.1, -0.05) is 0 Å². The molecular formula is C8H8I2O3. The van der Waals surface area contributed by atoms with E-state index in [0.717, 1.165) is 9.13 Å². The van der Waals surface area contributed by atoms with Gasteiger partial charge in [0.15, 0.2) is 11.5 Å². The van der Waals surface area contributed by atoms with Crippen molar-refractivity contribution in [1.82, 2.24) is 0 Å². The van der Waals surface area contributed by atoms with Gasteiger partial charge in [0, 0.05) is 0 Å². The fourth-order valence-electron chi connectivity index (χ4n) is 0.944. The molecule has 0 aromatic heterocycles. The number of methoxy groups -OCH3 is 1. The van der Waals surface area contributed by atoms with Crippen molar-refractivity contribution in [2.45, 2.75) is 6.61 Å². The first-order valence-corrected chi connectivity index (χ1v) is 5.62. The molecular weight excluding hydrogens is 398 g/mol. The predicted molar refractivity (Wildman–Crippen MR) is 66.0 cm³/mol. The quantitative estimate of drug-likeness (QED) is 0.741. The Morgan fingerprint density at radius 1 is 1.46 bits per heavy atom. The van der Waals surface area contributed by atoms with E-state index in [0.29, 0.717) is 9.32 Å². The molecule has 0 heterocycles. The Balaban J connectivity index is 3.39. The molecule has 1 rings (SSSR count). The predicted octanol–water partition coefficient (Wildman–Crippen LogP) is 2.10. The molecule has 5 heteroatoms. The summed E-state index contributed by atoms with van der Waals surface area (Å²) >= 11 is 4.03. The molecule has 0 aliphatic heterocycles. The van der Waals surface area contributed by atoms with Crippen molar-refractivity contribution in [2.24, 2.45) is 0 Å². The van der Waals surface area contributed by atoms with E-state index in [1.165, 1.54) is 7.11 Å². The van der Waals surface area contributed by atoms with Gasteiger partial charge in [-0.2, -0.15) is 0 Å². The minimum atomic E-state index is -0.0507. The monoisotopic (exact) mass is 406 g/mol. The molecule has 1 aromatic carbocycles. The molecule has 0 saturated heterocycles. The summed E-state index contributed by atoms with van der Waals surface area (Å²) in [5.41, 5.74) is 0.764. The number of aliphatic hydroxyl groups is 1. The van der Waals surface area contributed by atoms with Gasteiger partial charge in [0.1, 0.15) is 0 Å². The molecule has 0 amide bonds. The normalized spacial score (nSPS) is 10.2. The first-order chi connectivity index (χ1) is 6.11. The molecule has 0 atom stereocenters. The number of ether oxygens (including phenoxy) is 1. The summed E-state index contributed by atoms with van der Waals surface area (Å²) in [6, 6.07) is 1.74.